The van der Waals surface area contributed by atoms with Crippen LogP contribution in [0.2, 0.25) is 0 Å². The lowest BCUT2D eigenvalue weighted by atomic mass is 10.2. The van der Waals surface area contributed by atoms with E-state index in [1.54, 1.807) is 30.6 Å². The molecule has 1 aliphatic rings. The molecule has 2 N–H and O–H groups in total. The molecule has 0 atom stereocenters. The van der Waals surface area contributed by atoms with Crippen LogP contribution < -0.4 is 14.8 Å². The van der Waals surface area contributed by atoms with Crippen molar-refractivity contribution >= 4 is 5.91 Å². The van der Waals surface area contributed by atoms with Crippen LogP contribution in [0.5, 0.6) is 11.5 Å². The topological polar surface area (TPSA) is 76.2 Å². The van der Waals surface area contributed by atoms with E-state index in [1.807, 2.05) is 0 Å². The minimum absolute atomic E-state index is 0.109. The summed E-state index contributed by atoms with van der Waals surface area (Å²) in [5.41, 5.74) is 0.576. The number of ether oxygens (including phenoxy) is 2. The van der Waals surface area contributed by atoms with Crippen LogP contribution in [-0.2, 0) is 6.42 Å². The lowest BCUT2D eigenvalue weighted by Gasteiger charge is -2.05. The summed E-state index contributed by atoms with van der Waals surface area (Å²) in [7, 11) is 0. The number of imidazole rings is 1. The second-order valence-corrected chi connectivity index (χ2v) is 4.46. The molecule has 6 heteroatoms. The van der Waals surface area contributed by atoms with Crippen molar-refractivity contribution in [2.45, 2.75) is 12.8 Å². The number of hydrogen-bond acceptors (Lipinski definition) is 4. The number of aromatic nitrogens is 2. The van der Waals surface area contributed by atoms with E-state index < -0.39 is 0 Å². The largest absolute Gasteiger partial charge is 0.454 e. The van der Waals surface area contributed by atoms with Gasteiger partial charge in [0.15, 0.2) is 11.5 Å². The first kappa shape index (κ1) is 12.5. The number of carbonyl (C=O) groups is 1. The molecule has 0 saturated carbocycles. The van der Waals surface area contributed by atoms with E-state index in [0.29, 0.717) is 23.6 Å². The van der Waals surface area contributed by atoms with E-state index in [1.165, 1.54) is 0 Å². The summed E-state index contributed by atoms with van der Waals surface area (Å²) in [6.07, 6.45) is 5.17. The SMILES string of the molecule is O=C(NCCCc1ncc[nH]1)c1ccc2c(c1)OCO2. The number of fused-ring (bicyclic) bond motifs is 1. The molecule has 1 amide bonds. The Morgan fingerprint density at radius 3 is 3.10 bits per heavy atom. The molecule has 0 fully saturated rings. The zero-order chi connectivity index (χ0) is 13.8. The molecule has 0 unspecified atom stereocenters. The fourth-order valence-electron chi connectivity index (χ4n) is 2.03. The van der Waals surface area contributed by atoms with Crippen LogP contribution in [0.4, 0.5) is 0 Å². The van der Waals surface area contributed by atoms with Crippen LogP contribution in [0.3, 0.4) is 0 Å². The van der Waals surface area contributed by atoms with Crippen molar-refractivity contribution in [3.8, 4) is 11.5 Å². The van der Waals surface area contributed by atoms with E-state index in [2.05, 4.69) is 15.3 Å². The summed E-state index contributed by atoms with van der Waals surface area (Å²) in [5, 5.41) is 2.88. The number of carbonyl (C=O) groups excluding carboxylic acids is 1. The molecule has 0 spiro atoms. The number of aromatic amines is 1. The standard InChI is InChI=1S/C14H15N3O3/c18-14(17-5-1-2-13-15-6-7-16-13)10-3-4-11-12(8-10)20-9-19-11/h3-4,6-8H,1-2,5,9H2,(H,15,16)(H,17,18). The van der Waals surface area contributed by atoms with Crippen LogP contribution in [0.1, 0.15) is 22.6 Å². The van der Waals surface area contributed by atoms with Gasteiger partial charge in [-0.3, -0.25) is 4.79 Å². The minimum Gasteiger partial charge on any atom is -0.454 e. The van der Waals surface area contributed by atoms with Crippen LogP contribution in [0.25, 0.3) is 0 Å². The maximum atomic E-state index is 12.0. The molecule has 3 rings (SSSR count). The van der Waals surface area contributed by atoms with E-state index in [-0.39, 0.29) is 12.7 Å². The second-order valence-electron chi connectivity index (χ2n) is 4.46. The second kappa shape index (κ2) is 5.64. The molecule has 1 aromatic heterocycles. The van der Waals surface area contributed by atoms with Gasteiger partial charge in [0.2, 0.25) is 6.79 Å². The predicted molar refractivity (Wildman–Crippen MR) is 71.8 cm³/mol. The number of aryl methyl sites for hydroxylation is 1. The van der Waals surface area contributed by atoms with Crippen LogP contribution in [0, 0.1) is 0 Å². The molecular formula is C14H15N3O3. The molecule has 0 saturated heterocycles. The molecule has 2 heterocycles. The Kier molecular flexibility index (Phi) is 3.54. The summed E-state index contributed by atoms with van der Waals surface area (Å²) >= 11 is 0. The maximum absolute atomic E-state index is 12.0. The molecule has 1 aliphatic heterocycles. The van der Waals surface area contributed by atoms with Gasteiger partial charge in [0.05, 0.1) is 0 Å². The number of H-pyrrole nitrogens is 1. The van der Waals surface area contributed by atoms with Crippen molar-refractivity contribution in [3.63, 3.8) is 0 Å². The number of rotatable bonds is 5. The van der Waals surface area contributed by atoms with Gasteiger partial charge in [-0.05, 0) is 24.6 Å². The van der Waals surface area contributed by atoms with Gasteiger partial charge in [-0.25, -0.2) is 4.98 Å². The van der Waals surface area contributed by atoms with Crippen LogP contribution in [0.15, 0.2) is 30.6 Å². The van der Waals surface area contributed by atoms with Gasteiger partial charge in [0, 0.05) is 30.9 Å². The summed E-state index contributed by atoms with van der Waals surface area (Å²) in [6.45, 7) is 0.817. The monoisotopic (exact) mass is 273 g/mol. The van der Waals surface area contributed by atoms with Crippen molar-refractivity contribution in [1.29, 1.82) is 0 Å². The quantitative estimate of drug-likeness (QED) is 0.809. The Hall–Kier alpha value is -2.50. The fourth-order valence-corrected chi connectivity index (χ4v) is 2.03. The Balaban J connectivity index is 1.49. The first-order valence-electron chi connectivity index (χ1n) is 6.49. The van der Waals surface area contributed by atoms with Gasteiger partial charge in [-0.1, -0.05) is 0 Å². The molecule has 0 aliphatic carbocycles. The summed E-state index contributed by atoms with van der Waals surface area (Å²) in [4.78, 5) is 19.1. The number of benzene rings is 1. The van der Waals surface area contributed by atoms with Crippen LogP contribution >= 0.6 is 0 Å². The van der Waals surface area contributed by atoms with Crippen molar-refractivity contribution in [1.82, 2.24) is 15.3 Å². The molecule has 2 aromatic rings. The smallest absolute Gasteiger partial charge is 0.251 e. The van der Waals surface area contributed by atoms with E-state index in [0.717, 1.165) is 18.7 Å². The average molecular weight is 273 g/mol. The number of amides is 1. The normalized spacial score (nSPS) is 12.4. The molecule has 1 aromatic carbocycles. The number of hydrogen-bond donors (Lipinski definition) is 2. The van der Waals surface area contributed by atoms with Gasteiger partial charge in [0.25, 0.3) is 5.91 Å². The number of nitrogens with one attached hydrogen (secondary N) is 2. The fraction of sp³-hybridized carbons (Fsp3) is 0.286. The summed E-state index contributed by atoms with van der Waals surface area (Å²) in [5.74, 6) is 2.12. The third kappa shape index (κ3) is 2.74. The summed E-state index contributed by atoms with van der Waals surface area (Å²) < 4.78 is 10.5. The van der Waals surface area contributed by atoms with E-state index >= 15 is 0 Å². The Bertz CT molecular complexity index is 596. The van der Waals surface area contributed by atoms with Crippen molar-refractivity contribution in [3.05, 3.63) is 42.0 Å². The number of nitrogens with zero attached hydrogens (tertiary/aromatic N) is 1. The third-order valence-electron chi connectivity index (χ3n) is 3.07. The highest BCUT2D eigenvalue weighted by molar-refractivity contribution is 5.94. The molecule has 0 bridgehead atoms. The molecule has 6 nitrogen and oxygen atoms in total. The highest BCUT2D eigenvalue weighted by atomic mass is 16.7. The zero-order valence-corrected chi connectivity index (χ0v) is 10.9. The van der Waals surface area contributed by atoms with Gasteiger partial charge in [-0.2, -0.15) is 0 Å². The van der Waals surface area contributed by atoms with Gasteiger partial charge >= 0.3 is 0 Å². The maximum Gasteiger partial charge on any atom is 0.251 e. The minimum atomic E-state index is -0.109. The van der Waals surface area contributed by atoms with E-state index in [9.17, 15) is 4.79 Å². The van der Waals surface area contributed by atoms with Gasteiger partial charge in [0.1, 0.15) is 5.82 Å². The van der Waals surface area contributed by atoms with Gasteiger partial charge < -0.3 is 19.8 Å². The molecule has 104 valence electrons. The van der Waals surface area contributed by atoms with Crippen molar-refractivity contribution in [2.75, 3.05) is 13.3 Å². The Morgan fingerprint density at radius 2 is 2.25 bits per heavy atom. The zero-order valence-electron chi connectivity index (χ0n) is 10.9. The van der Waals surface area contributed by atoms with Crippen molar-refractivity contribution < 1.29 is 14.3 Å². The Morgan fingerprint density at radius 1 is 1.35 bits per heavy atom. The predicted octanol–water partition coefficient (Wildman–Crippen LogP) is 1.50. The first-order chi connectivity index (χ1) is 9.83. The lowest BCUT2D eigenvalue weighted by molar-refractivity contribution is 0.0952. The average Bonchev–Trinajstić information content (AvgIpc) is 3.13. The lowest BCUT2D eigenvalue weighted by Crippen LogP contribution is -2.24. The van der Waals surface area contributed by atoms with Crippen molar-refractivity contribution in [2.24, 2.45) is 0 Å². The molecule has 0 radical (unpaired) electrons. The third-order valence-corrected chi connectivity index (χ3v) is 3.07. The highest BCUT2D eigenvalue weighted by Gasteiger charge is 2.15. The molecular weight excluding hydrogens is 258 g/mol. The molecule has 20 heavy (non-hydrogen) atoms. The summed E-state index contributed by atoms with van der Waals surface area (Å²) in [6, 6.07) is 5.18. The highest BCUT2D eigenvalue weighted by Crippen LogP contribution is 2.32. The van der Waals surface area contributed by atoms with Crippen LogP contribution in [-0.4, -0.2) is 29.2 Å². The van der Waals surface area contributed by atoms with Gasteiger partial charge in [-0.15, -0.1) is 0 Å². The van der Waals surface area contributed by atoms with E-state index in [4.69, 9.17) is 9.47 Å². The first-order valence-corrected chi connectivity index (χ1v) is 6.49. The Labute approximate surface area is 116 Å².